The van der Waals surface area contributed by atoms with E-state index in [1.54, 1.807) is 6.07 Å². The van der Waals surface area contributed by atoms with Gasteiger partial charge in [0, 0.05) is 31.3 Å². The Kier molecular flexibility index (Phi) is 9.68. The van der Waals surface area contributed by atoms with Crippen LogP contribution in [0.5, 0.6) is 11.6 Å². The molecule has 6 heteroatoms. The summed E-state index contributed by atoms with van der Waals surface area (Å²) < 4.78 is 16.9. The fourth-order valence-electron chi connectivity index (χ4n) is 5.15. The van der Waals surface area contributed by atoms with Gasteiger partial charge in [0.25, 0.3) is 5.88 Å². The number of piperidine rings is 1. The highest BCUT2D eigenvalue weighted by molar-refractivity contribution is 5.82. The van der Waals surface area contributed by atoms with Crippen LogP contribution in [-0.2, 0) is 0 Å². The van der Waals surface area contributed by atoms with Gasteiger partial charge < -0.3 is 19.1 Å². The molecule has 0 bridgehead atoms. The van der Waals surface area contributed by atoms with Crippen molar-refractivity contribution >= 4 is 17.7 Å². The largest absolute Gasteiger partial charge is 0.490 e. The molecule has 0 aliphatic carbocycles. The molecule has 1 fully saturated rings. The second kappa shape index (κ2) is 14.0. The van der Waals surface area contributed by atoms with E-state index in [1.807, 2.05) is 50.3 Å². The van der Waals surface area contributed by atoms with Gasteiger partial charge in [-0.25, -0.2) is 0 Å². The molecule has 1 atom stereocenters. The molecule has 5 rings (SSSR count). The van der Waals surface area contributed by atoms with Crippen LogP contribution in [0.15, 0.2) is 101 Å². The molecule has 1 aliphatic rings. The molecule has 4 aromatic rings. The summed E-state index contributed by atoms with van der Waals surface area (Å²) in [5.41, 5.74) is 6.23. The molecule has 1 aliphatic heterocycles. The standard InChI is InChI=1S/C35H38N2O4/c1-26(2)40-34-23-32(41-36-34)18-17-27-11-9-10-16-33(27)39-25-31(38)24-37-21-19-30(20-22-37)35(28-12-5-3-6-13-28)29-14-7-4-8-15-29/h3-18,23,26,31,38H,19-22,24-25H2,1-2H3/b18-17+. The van der Waals surface area contributed by atoms with Crippen molar-refractivity contribution in [2.75, 3.05) is 26.2 Å². The first-order chi connectivity index (χ1) is 20.0. The van der Waals surface area contributed by atoms with Crippen LogP contribution in [0.2, 0.25) is 0 Å². The number of ether oxygens (including phenoxy) is 2. The van der Waals surface area contributed by atoms with E-state index in [1.165, 1.54) is 22.3 Å². The molecule has 3 aromatic carbocycles. The Balaban J connectivity index is 1.16. The summed E-state index contributed by atoms with van der Waals surface area (Å²) in [4.78, 5) is 2.33. The minimum atomic E-state index is -0.592. The van der Waals surface area contributed by atoms with Gasteiger partial charge in [-0.05, 0) is 66.8 Å². The molecule has 41 heavy (non-hydrogen) atoms. The summed E-state index contributed by atoms with van der Waals surface area (Å²) in [7, 11) is 0. The van der Waals surface area contributed by atoms with Crippen LogP contribution < -0.4 is 9.47 Å². The third-order valence-electron chi connectivity index (χ3n) is 7.05. The van der Waals surface area contributed by atoms with Gasteiger partial charge in [-0.1, -0.05) is 84.4 Å². The second-order valence-electron chi connectivity index (χ2n) is 10.6. The number of likely N-dealkylation sites (tertiary alicyclic amines) is 1. The number of aromatic nitrogens is 1. The van der Waals surface area contributed by atoms with Crippen LogP contribution in [-0.4, -0.2) is 53.6 Å². The molecule has 1 aromatic heterocycles. The van der Waals surface area contributed by atoms with Crippen molar-refractivity contribution in [2.24, 2.45) is 0 Å². The molecular weight excluding hydrogens is 512 g/mol. The third kappa shape index (κ3) is 7.97. The van der Waals surface area contributed by atoms with E-state index < -0.39 is 6.10 Å². The van der Waals surface area contributed by atoms with Crippen molar-refractivity contribution in [2.45, 2.75) is 38.9 Å². The Morgan fingerprint density at radius 3 is 2.20 bits per heavy atom. The summed E-state index contributed by atoms with van der Waals surface area (Å²) in [5, 5.41) is 14.8. The van der Waals surface area contributed by atoms with Crippen molar-refractivity contribution in [3.63, 3.8) is 0 Å². The van der Waals surface area contributed by atoms with Crippen LogP contribution >= 0.6 is 0 Å². The minimum absolute atomic E-state index is 0.0296. The first kappa shape index (κ1) is 28.4. The molecule has 1 unspecified atom stereocenters. The summed E-state index contributed by atoms with van der Waals surface area (Å²) in [5.74, 6) is 1.76. The maximum absolute atomic E-state index is 10.8. The zero-order chi connectivity index (χ0) is 28.4. The van der Waals surface area contributed by atoms with E-state index in [4.69, 9.17) is 14.0 Å². The molecular formula is C35H38N2O4. The topological polar surface area (TPSA) is 68.0 Å². The Bertz CT molecular complexity index is 1390. The van der Waals surface area contributed by atoms with Crippen LogP contribution in [0, 0.1) is 0 Å². The Morgan fingerprint density at radius 1 is 0.902 bits per heavy atom. The van der Waals surface area contributed by atoms with Gasteiger partial charge in [0.15, 0.2) is 5.76 Å². The number of aliphatic hydroxyl groups is 1. The van der Waals surface area contributed by atoms with E-state index >= 15 is 0 Å². The van der Waals surface area contributed by atoms with E-state index in [9.17, 15) is 5.11 Å². The highest BCUT2D eigenvalue weighted by Crippen LogP contribution is 2.32. The van der Waals surface area contributed by atoms with Crippen molar-refractivity contribution in [1.29, 1.82) is 0 Å². The molecule has 0 spiro atoms. The van der Waals surface area contributed by atoms with Crippen molar-refractivity contribution < 1.29 is 19.1 Å². The molecule has 0 saturated carbocycles. The monoisotopic (exact) mass is 550 g/mol. The lowest BCUT2D eigenvalue weighted by Gasteiger charge is -2.31. The first-order valence-electron chi connectivity index (χ1n) is 14.3. The fraction of sp³-hybridized carbons (Fsp3) is 0.286. The SMILES string of the molecule is CC(C)Oc1cc(/C=C/c2ccccc2OCC(O)CN2CCC(=C(c3ccccc3)c3ccccc3)CC2)on1. The van der Waals surface area contributed by atoms with Gasteiger partial charge in [0.05, 0.1) is 6.10 Å². The quantitative estimate of drug-likeness (QED) is 0.218. The van der Waals surface area contributed by atoms with E-state index in [2.05, 4.69) is 70.7 Å². The zero-order valence-electron chi connectivity index (χ0n) is 23.8. The smallest absolute Gasteiger partial charge is 0.254 e. The average molecular weight is 551 g/mol. The van der Waals surface area contributed by atoms with Crippen LogP contribution in [0.3, 0.4) is 0 Å². The van der Waals surface area contributed by atoms with Gasteiger partial charge in [-0.2, -0.15) is 0 Å². The van der Waals surface area contributed by atoms with Crippen LogP contribution in [0.25, 0.3) is 17.7 Å². The van der Waals surface area contributed by atoms with Gasteiger partial charge in [0.2, 0.25) is 0 Å². The maximum atomic E-state index is 10.8. The van der Waals surface area contributed by atoms with E-state index in [0.29, 0.717) is 23.9 Å². The highest BCUT2D eigenvalue weighted by Gasteiger charge is 2.21. The predicted molar refractivity (Wildman–Crippen MR) is 164 cm³/mol. The van der Waals surface area contributed by atoms with E-state index in [-0.39, 0.29) is 12.7 Å². The van der Waals surface area contributed by atoms with Crippen LogP contribution in [0.1, 0.15) is 49.1 Å². The molecule has 1 N–H and O–H groups in total. The molecule has 0 radical (unpaired) electrons. The number of β-amino-alcohol motifs (C(OH)–C–C–N with tert-alkyl or cyclic N) is 1. The molecule has 0 amide bonds. The first-order valence-corrected chi connectivity index (χ1v) is 14.3. The van der Waals surface area contributed by atoms with Gasteiger partial charge in [0.1, 0.15) is 18.5 Å². The Labute approximate surface area is 242 Å². The number of benzene rings is 3. The lowest BCUT2D eigenvalue weighted by atomic mass is 9.88. The number of para-hydroxylation sites is 1. The summed E-state index contributed by atoms with van der Waals surface area (Å²) in [6.45, 7) is 6.51. The highest BCUT2D eigenvalue weighted by atomic mass is 16.5. The molecule has 212 valence electrons. The number of hydrogen-bond donors (Lipinski definition) is 1. The summed E-state index contributed by atoms with van der Waals surface area (Å²) in [6.07, 6.45) is 5.14. The predicted octanol–water partition coefficient (Wildman–Crippen LogP) is 6.97. The van der Waals surface area contributed by atoms with Crippen molar-refractivity contribution in [3.8, 4) is 11.6 Å². The number of rotatable bonds is 11. The Morgan fingerprint density at radius 2 is 1.54 bits per heavy atom. The minimum Gasteiger partial charge on any atom is -0.490 e. The Hall–Kier alpha value is -4.13. The maximum Gasteiger partial charge on any atom is 0.254 e. The fourth-order valence-corrected chi connectivity index (χ4v) is 5.15. The second-order valence-corrected chi connectivity index (χ2v) is 10.6. The average Bonchev–Trinajstić information content (AvgIpc) is 3.44. The normalized spacial score (nSPS) is 14.9. The number of nitrogens with zero attached hydrogens (tertiary/aromatic N) is 2. The summed E-state index contributed by atoms with van der Waals surface area (Å²) in [6, 6.07) is 30.8. The van der Waals surface area contributed by atoms with E-state index in [0.717, 1.165) is 31.5 Å². The number of hydrogen-bond acceptors (Lipinski definition) is 6. The zero-order valence-corrected chi connectivity index (χ0v) is 23.8. The van der Waals surface area contributed by atoms with Gasteiger partial charge in [-0.15, -0.1) is 0 Å². The number of aliphatic hydroxyl groups excluding tert-OH is 1. The summed E-state index contributed by atoms with van der Waals surface area (Å²) >= 11 is 0. The van der Waals surface area contributed by atoms with Gasteiger partial charge >= 0.3 is 0 Å². The molecule has 6 nitrogen and oxygen atoms in total. The lowest BCUT2D eigenvalue weighted by Crippen LogP contribution is -2.39. The van der Waals surface area contributed by atoms with Crippen molar-refractivity contribution in [3.05, 3.63) is 119 Å². The lowest BCUT2D eigenvalue weighted by molar-refractivity contribution is 0.0655. The third-order valence-corrected chi connectivity index (χ3v) is 7.05. The van der Waals surface area contributed by atoms with Crippen LogP contribution in [0.4, 0.5) is 0 Å². The molecule has 1 saturated heterocycles. The van der Waals surface area contributed by atoms with Gasteiger partial charge in [-0.3, -0.25) is 4.90 Å². The molecule has 2 heterocycles. The van der Waals surface area contributed by atoms with Crippen molar-refractivity contribution in [1.82, 2.24) is 10.1 Å².